The Balaban J connectivity index is 2.00. The monoisotopic (exact) mass is 238 g/mol. The Morgan fingerprint density at radius 3 is 2.76 bits per heavy atom. The summed E-state index contributed by atoms with van der Waals surface area (Å²) in [5.41, 5.74) is 0. The number of piperidine rings is 1. The van der Waals surface area contributed by atoms with E-state index in [1.807, 2.05) is 0 Å². The van der Waals surface area contributed by atoms with Crippen LogP contribution >= 0.6 is 0 Å². The number of carbonyl (C=O) groups is 2. The summed E-state index contributed by atoms with van der Waals surface area (Å²) in [7, 11) is 0. The van der Waals surface area contributed by atoms with Gasteiger partial charge in [-0.05, 0) is 32.6 Å². The summed E-state index contributed by atoms with van der Waals surface area (Å²) in [6.07, 6.45) is 4.49. The van der Waals surface area contributed by atoms with Gasteiger partial charge in [0.05, 0.1) is 5.92 Å². The number of amides is 2. The number of nitrogens with one attached hydrogen (secondary N) is 1. The molecule has 2 rings (SSSR count). The van der Waals surface area contributed by atoms with Crippen molar-refractivity contribution in [2.75, 3.05) is 6.54 Å². The summed E-state index contributed by atoms with van der Waals surface area (Å²) < 4.78 is 0. The highest BCUT2D eigenvalue weighted by Gasteiger charge is 2.37. The van der Waals surface area contributed by atoms with Gasteiger partial charge in [-0.3, -0.25) is 9.59 Å². The fourth-order valence-corrected chi connectivity index (χ4v) is 3.02. The van der Waals surface area contributed by atoms with Crippen LogP contribution in [0.2, 0.25) is 0 Å². The summed E-state index contributed by atoms with van der Waals surface area (Å²) in [6.45, 7) is 4.80. The van der Waals surface area contributed by atoms with E-state index in [1.165, 1.54) is 0 Å². The molecule has 3 atom stereocenters. The third-order valence-corrected chi connectivity index (χ3v) is 4.13. The maximum Gasteiger partial charge on any atom is 0.227 e. The molecule has 96 valence electrons. The first-order valence-electron chi connectivity index (χ1n) is 6.72. The van der Waals surface area contributed by atoms with Gasteiger partial charge in [0, 0.05) is 25.0 Å². The molecule has 0 saturated carbocycles. The molecule has 4 heteroatoms. The number of hydrogen-bond donors (Lipinski definition) is 1. The summed E-state index contributed by atoms with van der Waals surface area (Å²) in [4.78, 5) is 25.6. The van der Waals surface area contributed by atoms with E-state index in [2.05, 4.69) is 24.1 Å². The lowest BCUT2D eigenvalue weighted by Gasteiger charge is -2.33. The fraction of sp³-hybridized carbons (Fsp3) is 0.846. The molecule has 2 aliphatic heterocycles. The zero-order valence-corrected chi connectivity index (χ0v) is 10.7. The van der Waals surface area contributed by atoms with Gasteiger partial charge in [-0.15, -0.1) is 0 Å². The number of rotatable bonds is 2. The van der Waals surface area contributed by atoms with Crippen molar-refractivity contribution in [2.45, 2.75) is 58.0 Å². The van der Waals surface area contributed by atoms with Crippen LogP contribution in [0.3, 0.4) is 0 Å². The molecule has 2 saturated heterocycles. The van der Waals surface area contributed by atoms with Gasteiger partial charge in [0.15, 0.2) is 0 Å². The Kier molecular flexibility index (Phi) is 3.69. The second-order valence-corrected chi connectivity index (χ2v) is 5.27. The molecule has 0 aliphatic carbocycles. The first kappa shape index (κ1) is 12.4. The zero-order valence-electron chi connectivity index (χ0n) is 10.7. The van der Waals surface area contributed by atoms with Crippen molar-refractivity contribution >= 4 is 11.8 Å². The van der Waals surface area contributed by atoms with Crippen molar-refractivity contribution < 1.29 is 9.59 Å². The smallest absolute Gasteiger partial charge is 0.227 e. The zero-order chi connectivity index (χ0) is 12.4. The van der Waals surface area contributed by atoms with Crippen molar-refractivity contribution in [3.05, 3.63) is 0 Å². The van der Waals surface area contributed by atoms with E-state index in [0.29, 0.717) is 31.5 Å². The lowest BCUT2D eigenvalue weighted by molar-refractivity contribution is -0.140. The second kappa shape index (κ2) is 5.07. The van der Waals surface area contributed by atoms with Gasteiger partial charge in [0.2, 0.25) is 11.8 Å². The van der Waals surface area contributed by atoms with E-state index >= 15 is 0 Å². The molecule has 0 aromatic heterocycles. The Labute approximate surface area is 103 Å². The topological polar surface area (TPSA) is 49.4 Å². The summed E-state index contributed by atoms with van der Waals surface area (Å²) in [5, 5.41) is 2.80. The minimum Gasteiger partial charge on any atom is -0.355 e. The summed E-state index contributed by atoms with van der Waals surface area (Å²) in [5.74, 6) is 0.333. The van der Waals surface area contributed by atoms with Gasteiger partial charge in [0.1, 0.15) is 0 Å². The van der Waals surface area contributed by atoms with Gasteiger partial charge in [0.25, 0.3) is 0 Å². The van der Waals surface area contributed by atoms with Gasteiger partial charge in [-0.1, -0.05) is 6.92 Å². The molecule has 2 heterocycles. The van der Waals surface area contributed by atoms with Crippen molar-refractivity contribution in [2.24, 2.45) is 5.92 Å². The third kappa shape index (κ3) is 2.45. The highest BCUT2D eigenvalue weighted by molar-refractivity contribution is 5.84. The predicted octanol–water partition coefficient (Wildman–Crippen LogP) is 1.30. The van der Waals surface area contributed by atoms with Crippen LogP contribution in [0.5, 0.6) is 0 Å². The van der Waals surface area contributed by atoms with Crippen molar-refractivity contribution in [3.63, 3.8) is 0 Å². The molecular weight excluding hydrogens is 216 g/mol. The fourth-order valence-electron chi connectivity index (χ4n) is 3.02. The van der Waals surface area contributed by atoms with Crippen LogP contribution in [0.15, 0.2) is 0 Å². The average molecular weight is 238 g/mol. The molecule has 2 fully saturated rings. The van der Waals surface area contributed by atoms with E-state index in [-0.39, 0.29) is 17.7 Å². The van der Waals surface area contributed by atoms with Crippen LogP contribution in [0.1, 0.15) is 46.0 Å². The quantitative estimate of drug-likeness (QED) is 0.788. The molecule has 2 aliphatic rings. The van der Waals surface area contributed by atoms with Crippen LogP contribution in [0.25, 0.3) is 0 Å². The van der Waals surface area contributed by atoms with E-state index in [1.54, 1.807) is 0 Å². The largest absolute Gasteiger partial charge is 0.355 e. The van der Waals surface area contributed by atoms with Crippen LogP contribution in [-0.2, 0) is 9.59 Å². The molecule has 0 bridgehead atoms. The average Bonchev–Trinajstić information content (AvgIpc) is 2.70. The van der Waals surface area contributed by atoms with Gasteiger partial charge < -0.3 is 10.2 Å². The summed E-state index contributed by atoms with van der Waals surface area (Å²) in [6, 6.07) is 0.778. The highest BCUT2D eigenvalue weighted by atomic mass is 16.2. The molecule has 0 spiro atoms. The highest BCUT2D eigenvalue weighted by Crippen LogP contribution is 2.29. The first-order valence-corrected chi connectivity index (χ1v) is 6.72. The molecule has 4 nitrogen and oxygen atoms in total. The van der Waals surface area contributed by atoms with Crippen molar-refractivity contribution in [3.8, 4) is 0 Å². The van der Waals surface area contributed by atoms with Crippen molar-refractivity contribution in [1.29, 1.82) is 0 Å². The SMILES string of the molecule is CCC1CCC(C)N1C(=O)C1CCC(=O)NC1. The molecule has 17 heavy (non-hydrogen) atoms. The molecule has 0 radical (unpaired) electrons. The second-order valence-electron chi connectivity index (χ2n) is 5.27. The predicted molar refractivity (Wildman–Crippen MR) is 65.4 cm³/mol. The Morgan fingerprint density at radius 1 is 1.41 bits per heavy atom. The van der Waals surface area contributed by atoms with E-state index < -0.39 is 0 Å². The number of likely N-dealkylation sites (tertiary alicyclic amines) is 1. The molecule has 2 amide bonds. The van der Waals surface area contributed by atoms with Gasteiger partial charge >= 0.3 is 0 Å². The molecular formula is C13H22N2O2. The number of carbonyl (C=O) groups excluding carboxylic acids is 2. The lowest BCUT2D eigenvalue weighted by Crippen LogP contribution is -2.48. The van der Waals surface area contributed by atoms with E-state index in [4.69, 9.17) is 0 Å². The van der Waals surface area contributed by atoms with Crippen molar-refractivity contribution in [1.82, 2.24) is 10.2 Å². The molecule has 1 N–H and O–H groups in total. The van der Waals surface area contributed by atoms with E-state index in [9.17, 15) is 9.59 Å². The van der Waals surface area contributed by atoms with Gasteiger partial charge in [-0.25, -0.2) is 0 Å². The molecule has 0 aromatic carbocycles. The number of hydrogen-bond acceptors (Lipinski definition) is 2. The van der Waals surface area contributed by atoms with Crippen LogP contribution in [-0.4, -0.2) is 35.3 Å². The maximum atomic E-state index is 12.5. The van der Waals surface area contributed by atoms with Crippen LogP contribution < -0.4 is 5.32 Å². The minimum atomic E-state index is 0.00213. The normalized spacial score (nSPS) is 33.6. The van der Waals surface area contributed by atoms with Crippen LogP contribution in [0.4, 0.5) is 0 Å². The third-order valence-electron chi connectivity index (χ3n) is 4.13. The summed E-state index contributed by atoms with van der Waals surface area (Å²) >= 11 is 0. The number of nitrogens with zero attached hydrogens (tertiary/aromatic N) is 1. The Morgan fingerprint density at radius 2 is 2.18 bits per heavy atom. The lowest BCUT2D eigenvalue weighted by atomic mass is 9.97. The standard InChI is InChI=1S/C13H22N2O2/c1-3-11-6-4-9(2)15(11)13(17)10-5-7-12(16)14-8-10/h9-11H,3-8H2,1-2H3,(H,14,16). The molecule has 0 aromatic rings. The Bertz CT molecular complexity index is 307. The first-order chi connectivity index (χ1) is 8.13. The van der Waals surface area contributed by atoms with Gasteiger partial charge in [-0.2, -0.15) is 0 Å². The van der Waals surface area contributed by atoms with E-state index in [0.717, 1.165) is 19.3 Å². The molecule has 3 unspecified atom stereocenters. The minimum absolute atomic E-state index is 0.00213. The Hall–Kier alpha value is -1.06. The maximum absolute atomic E-state index is 12.5. The van der Waals surface area contributed by atoms with Crippen LogP contribution in [0, 0.1) is 5.92 Å².